The summed E-state index contributed by atoms with van der Waals surface area (Å²) in [6.45, 7) is 5.24. The van der Waals surface area contributed by atoms with Crippen LogP contribution in [0.15, 0.2) is 60.7 Å². The van der Waals surface area contributed by atoms with E-state index in [4.69, 9.17) is 23.7 Å². The first-order chi connectivity index (χ1) is 13.1. The van der Waals surface area contributed by atoms with Crippen LogP contribution in [0.25, 0.3) is 0 Å². The van der Waals surface area contributed by atoms with Gasteiger partial charge in [0.25, 0.3) is 0 Å². The van der Waals surface area contributed by atoms with Gasteiger partial charge in [-0.25, -0.2) is 0 Å². The SMILES string of the molecule is CC1(C)O[C@H]2O[C@H](COCc3ccccc3)C(OCc3ccccc3)[C@@H]2O1. The standard InChI is InChI=1S/C22H26O5/c1-22(2)26-20-19(24-14-17-11-7-4-8-12-17)18(25-21(20)27-22)15-23-13-16-9-5-3-6-10-16/h3-12,18-21H,13-15H2,1-2H3/t18-,19?,20+,21-/m1/s1. The molecule has 4 atom stereocenters. The molecule has 0 saturated carbocycles. The van der Waals surface area contributed by atoms with E-state index in [1.807, 2.05) is 74.5 Å². The largest absolute Gasteiger partial charge is 0.374 e. The van der Waals surface area contributed by atoms with Crippen molar-refractivity contribution in [2.24, 2.45) is 0 Å². The van der Waals surface area contributed by atoms with Gasteiger partial charge in [-0.1, -0.05) is 60.7 Å². The highest BCUT2D eigenvalue weighted by Crippen LogP contribution is 2.39. The predicted molar refractivity (Wildman–Crippen MR) is 99.8 cm³/mol. The molecule has 0 radical (unpaired) electrons. The van der Waals surface area contributed by atoms with Gasteiger partial charge in [0.1, 0.15) is 18.3 Å². The molecular formula is C22H26O5. The van der Waals surface area contributed by atoms with E-state index in [0.717, 1.165) is 11.1 Å². The van der Waals surface area contributed by atoms with Crippen LogP contribution in [-0.4, -0.2) is 37.0 Å². The first-order valence-corrected chi connectivity index (χ1v) is 9.39. The van der Waals surface area contributed by atoms with Crippen LogP contribution in [0.2, 0.25) is 0 Å². The van der Waals surface area contributed by atoms with Crippen molar-refractivity contribution in [2.45, 2.75) is 57.5 Å². The average molecular weight is 370 g/mol. The summed E-state index contributed by atoms with van der Waals surface area (Å²) in [5.74, 6) is -0.667. The third-order valence-corrected chi connectivity index (χ3v) is 4.77. The Morgan fingerprint density at radius 1 is 0.852 bits per heavy atom. The van der Waals surface area contributed by atoms with Crippen molar-refractivity contribution >= 4 is 0 Å². The monoisotopic (exact) mass is 370 g/mol. The third-order valence-electron chi connectivity index (χ3n) is 4.77. The summed E-state index contributed by atoms with van der Waals surface area (Å²) in [6.07, 6.45) is -1.16. The molecule has 2 fully saturated rings. The predicted octanol–water partition coefficient (Wildman–Crippen LogP) is 3.67. The molecular weight excluding hydrogens is 344 g/mol. The van der Waals surface area contributed by atoms with Crippen LogP contribution in [0, 0.1) is 0 Å². The van der Waals surface area contributed by atoms with Gasteiger partial charge >= 0.3 is 0 Å². The maximum Gasteiger partial charge on any atom is 0.190 e. The van der Waals surface area contributed by atoms with Gasteiger partial charge in [0.05, 0.1) is 19.8 Å². The van der Waals surface area contributed by atoms with E-state index in [1.165, 1.54) is 0 Å². The molecule has 2 heterocycles. The van der Waals surface area contributed by atoms with E-state index in [2.05, 4.69) is 0 Å². The number of benzene rings is 2. The fourth-order valence-electron chi connectivity index (χ4n) is 3.52. The van der Waals surface area contributed by atoms with E-state index in [9.17, 15) is 0 Å². The second kappa shape index (κ2) is 8.09. The number of hydrogen-bond donors (Lipinski definition) is 0. The molecule has 2 aromatic carbocycles. The highest BCUT2D eigenvalue weighted by molar-refractivity contribution is 5.14. The lowest BCUT2D eigenvalue weighted by Crippen LogP contribution is -2.38. The van der Waals surface area contributed by atoms with Crippen LogP contribution in [0.1, 0.15) is 25.0 Å². The molecule has 144 valence electrons. The first kappa shape index (κ1) is 18.6. The Morgan fingerprint density at radius 2 is 1.48 bits per heavy atom. The molecule has 27 heavy (non-hydrogen) atoms. The van der Waals surface area contributed by atoms with E-state index >= 15 is 0 Å². The summed E-state index contributed by atoms with van der Waals surface area (Å²) >= 11 is 0. The lowest BCUT2D eigenvalue weighted by Gasteiger charge is -2.26. The zero-order valence-corrected chi connectivity index (χ0v) is 15.7. The number of ether oxygens (including phenoxy) is 5. The third kappa shape index (κ3) is 4.57. The highest BCUT2D eigenvalue weighted by Gasteiger charge is 2.55. The Bertz CT molecular complexity index is 718. The molecule has 0 aliphatic carbocycles. The Morgan fingerprint density at radius 3 is 2.15 bits per heavy atom. The molecule has 1 unspecified atom stereocenters. The summed E-state index contributed by atoms with van der Waals surface area (Å²) in [4.78, 5) is 0. The first-order valence-electron chi connectivity index (χ1n) is 9.39. The van der Waals surface area contributed by atoms with Gasteiger partial charge in [-0.15, -0.1) is 0 Å². The number of fused-ring (bicyclic) bond motifs is 1. The van der Waals surface area contributed by atoms with Crippen molar-refractivity contribution in [1.29, 1.82) is 0 Å². The van der Waals surface area contributed by atoms with Crippen molar-refractivity contribution in [1.82, 2.24) is 0 Å². The number of rotatable bonds is 7. The maximum atomic E-state index is 6.20. The Kier molecular flexibility index (Phi) is 5.57. The van der Waals surface area contributed by atoms with Crippen LogP contribution < -0.4 is 0 Å². The van der Waals surface area contributed by atoms with Crippen molar-refractivity contribution in [3.63, 3.8) is 0 Å². The second-order valence-electron chi connectivity index (χ2n) is 7.41. The molecule has 2 aliphatic rings. The van der Waals surface area contributed by atoms with Gasteiger partial charge in [-0.3, -0.25) is 0 Å². The van der Waals surface area contributed by atoms with Crippen molar-refractivity contribution in [3.05, 3.63) is 71.8 Å². The fourth-order valence-corrected chi connectivity index (χ4v) is 3.52. The molecule has 4 rings (SSSR count). The van der Waals surface area contributed by atoms with E-state index in [0.29, 0.717) is 19.8 Å². The van der Waals surface area contributed by atoms with Crippen molar-refractivity contribution in [2.75, 3.05) is 6.61 Å². The van der Waals surface area contributed by atoms with E-state index < -0.39 is 12.1 Å². The van der Waals surface area contributed by atoms with E-state index in [1.54, 1.807) is 0 Å². The second-order valence-corrected chi connectivity index (χ2v) is 7.41. The lowest BCUT2D eigenvalue weighted by atomic mass is 10.1. The van der Waals surface area contributed by atoms with Crippen LogP contribution >= 0.6 is 0 Å². The minimum absolute atomic E-state index is 0.233. The van der Waals surface area contributed by atoms with Crippen molar-refractivity contribution in [3.8, 4) is 0 Å². The van der Waals surface area contributed by atoms with Gasteiger partial charge in [-0.05, 0) is 25.0 Å². The molecule has 0 aromatic heterocycles. The minimum atomic E-state index is -0.667. The zero-order chi connectivity index (χ0) is 18.7. The van der Waals surface area contributed by atoms with Gasteiger partial charge < -0.3 is 23.7 Å². The molecule has 0 N–H and O–H groups in total. The summed E-state index contributed by atoms with van der Waals surface area (Å²) < 4.78 is 30.1. The molecule has 5 nitrogen and oxygen atoms in total. The lowest BCUT2D eigenvalue weighted by molar-refractivity contribution is -0.225. The van der Waals surface area contributed by atoms with Crippen LogP contribution in [0.3, 0.4) is 0 Å². The average Bonchev–Trinajstić information content (AvgIpc) is 3.13. The van der Waals surface area contributed by atoms with Gasteiger partial charge in [0.15, 0.2) is 12.1 Å². The number of hydrogen-bond acceptors (Lipinski definition) is 5. The maximum absolute atomic E-state index is 6.20. The fraction of sp³-hybridized carbons (Fsp3) is 0.455. The van der Waals surface area contributed by atoms with Gasteiger partial charge in [-0.2, -0.15) is 0 Å². The van der Waals surface area contributed by atoms with Crippen LogP contribution in [-0.2, 0) is 36.9 Å². The summed E-state index contributed by atoms with van der Waals surface area (Å²) in [5, 5.41) is 0. The molecule has 2 saturated heterocycles. The normalized spacial score (nSPS) is 29.0. The molecule has 5 heteroatoms. The van der Waals surface area contributed by atoms with Crippen LogP contribution in [0.4, 0.5) is 0 Å². The Labute approximate surface area is 160 Å². The van der Waals surface area contributed by atoms with Crippen LogP contribution in [0.5, 0.6) is 0 Å². The molecule has 0 spiro atoms. The Hall–Kier alpha value is -1.76. The molecule has 2 aliphatic heterocycles. The smallest absolute Gasteiger partial charge is 0.190 e. The quantitative estimate of drug-likeness (QED) is 0.744. The topological polar surface area (TPSA) is 46.2 Å². The molecule has 2 aromatic rings. The zero-order valence-electron chi connectivity index (χ0n) is 15.7. The van der Waals surface area contributed by atoms with E-state index in [-0.39, 0.29) is 18.3 Å². The summed E-state index contributed by atoms with van der Waals surface area (Å²) in [5.41, 5.74) is 2.24. The van der Waals surface area contributed by atoms with Gasteiger partial charge in [0.2, 0.25) is 0 Å². The Balaban J connectivity index is 1.38. The highest BCUT2D eigenvalue weighted by atomic mass is 16.8. The van der Waals surface area contributed by atoms with Gasteiger partial charge in [0, 0.05) is 0 Å². The molecule has 0 bridgehead atoms. The van der Waals surface area contributed by atoms with Crippen molar-refractivity contribution < 1.29 is 23.7 Å². The molecule has 0 amide bonds. The summed E-state index contributed by atoms with van der Waals surface area (Å²) in [6, 6.07) is 20.2. The summed E-state index contributed by atoms with van der Waals surface area (Å²) in [7, 11) is 0. The minimum Gasteiger partial charge on any atom is -0.374 e.